The third-order valence-corrected chi connectivity index (χ3v) is 7.13. The van der Waals surface area contributed by atoms with Crippen LogP contribution in [-0.4, -0.2) is 28.3 Å². The Morgan fingerprint density at radius 2 is 1.66 bits per heavy atom. The molecule has 0 spiro atoms. The molecule has 7 nitrogen and oxygen atoms in total. The lowest BCUT2D eigenvalue weighted by Gasteiger charge is -2.10. The quantitative estimate of drug-likeness (QED) is 0.420. The number of H-pyrrole nitrogens is 1. The number of para-hydroxylation sites is 1. The molecule has 0 aliphatic heterocycles. The second kappa shape index (κ2) is 7.35. The molecule has 160 valence electrons. The molecule has 5 rings (SSSR count). The van der Waals surface area contributed by atoms with Crippen molar-refractivity contribution in [2.24, 2.45) is 0 Å². The Hall–Kier alpha value is -3.91. The van der Waals surface area contributed by atoms with Crippen molar-refractivity contribution in [1.29, 1.82) is 0 Å². The first-order valence-electron chi connectivity index (χ1n) is 10.0. The molecule has 0 radical (unpaired) electrons. The molecular weight excluding hydrogens is 424 g/mol. The van der Waals surface area contributed by atoms with Crippen molar-refractivity contribution in [3.8, 4) is 11.3 Å². The minimum absolute atomic E-state index is 0.237. The van der Waals surface area contributed by atoms with E-state index in [2.05, 4.69) is 15.3 Å². The summed E-state index contributed by atoms with van der Waals surface area (Å²) in [6, 6.07) is 20.0. The fourth-order valence-electron chi connectivity index (χ4n) is 4.01. The second-order valence-electron chi connectivity index (χ2n) is 7.58. The SMILES string of the molecule is CC(=O)Nc1nc(-c2cn(S(=O)(=O)c3cccc4ccccc34)c3ccccc23)c(C)[nH]1. The molecule has 0 unspecified atom stereocenters. The lowest BCUT2D eigenvalue weighted by molar-refractivity contribution is -0.114. The summed E-state index contributed by atoms with van der Waals surface area (Å²) in [6.07, 6.45) is 1.60. The molecule has 0 saturated carbocycles. The predicted octanol–water partition coefficient (Wildman–Crippen LogP) is 4.69. The van der Waals surface area contributed by atoms with Crippen LogP contribution >= 0.6 is 0 Å². The van der Waals surface area contributed by atoms with Gasteiger partial charge < -0.3 is 4.98 Å². The standard InChI is InChI=1S/C24H20N4O3S/c1-15-23(27-24(25-15)26-16(2)29)20-14-28(21-12-6-5-11-19(20)21)32(30,31)22-13-7-9-17-8-3-4-10-18(17)22/h3-14H,1-2H3,(H2,25,26,27,29). The number of carbonyl (C=O) groups excluding carboxylic acids is 1. The van der Waals surface area contributed by atoms with Crippen LogP contribution in [0.15, 0.2) is 77.8 Å². The minimum atomic E-state index is -3.90. The maximum absolute atomic E-state index is 13.8. The molecule has 0 saturated heterocycles. The van der Waals surface area contributed by atoms with Gasteiger partial charge in [-0.3, -0.25) is 10.1 Å². The number of carbonyl (C=O) groups is 1. The van der Waals surface area contributed by atoms with Crippen LogP contribution in [0.5, 0.6) is 0 Å². The van der Waals surface area contributed by atoms with Gasteiger partial charge in [-0.1, -0.05) is 54.6 Å². The number of anilines is 1. The molecule has 0 bridgehead atoms. The average Bonchev–Trinajstić information content (AvgIpc) is 3.33. The zero-order chi connectivity index (χ0) is 22.5. The molecule has 1 amide bonds. The highest BCUT2D eigenvalue weighted by Crippen LogP contribution is 2.35. The molecular formula is C24H20N4O3S. The molecule has 2 heterocycles. The third kappa shape index (κ3) is 3.16. The third-order valence-electron chi connectivity index (χ3n) is 5.40. The van der Waals surface area contributed by atoms with Crippen molar-refractivity contribution in [1.82, 2.24) is 13.9 Å². The second-order valence-corrected chi connectivity index (χ2v) is 9.36. The van der Waals surface area contributed by atoms with E-state index in [1.165, 1.54) is 10.9 Å². The number of aromatic nitrogens is 3. The van der Waals surface area contributed by atoms with Gasteiger partial charge in [-0.05, 0) is 24.4 Å². The molecule has 2 aromatic heterocycles. The summed E-state index contributed by atoms with van der Waals surface area (Å²) in [6.45, 7) is 3.24. The van der Waals surface area contributed by atoms with Gasteiger partial charge in [0.1, 0.15) is 0 Å². The van der Waals surface area contributed by atoms with Gasteiger partial charge in [0.05, 0.1) is 16.1 Å². The van der Waals surface area contributed by atoms with E-state index >= 15 is 0 Å². The number of amides is 1. The van der Waals surface area contributed by atoms with Crippen LogP contribution < -0.4 is 5.32 Å². The normalized spacial score (nSPS) is 11.8. The molecule has 0 aliphatic carbocycles. The molecule has 32 heavy (non-hydrogen) atoms. The van der Waals surface area contributed by atoms with Crippen molar-refractivity contribution in [2.45, 2.75) is 18.7 Å². The number of rotatable bonds is 4. The number of aromatic amines is 1. The molecule has 0 atom stereocenters. The van der Waals surface area contributed by atoms with E-state index in [1.54, 1.807) is 30.5 Å². The Labute approximate surface area is 184 Å². The van der Waals surface area contributed by atoms with E-state index in [4.69, 9.17) is 0 Å². The van der Waals surface area contributed by atoms with Crippen molar-refractivity contribution in [3.63, 3.8) is 0 Å². The van der Waals surface area contributed by atoms with E-state index in [0.717, 1.165) is 16.5 Å². The molecule has 0 fully saturated rings. The summed E-state index contributed by atoms with van der Waals surface area (Å²) in [5.74, 6) is 0.0741. The fraction of sp³-hybridized carbons (Fsp3) is 0.0833. The zero-order valence-corrected chi connectivity index (χ0v) is 18.3. The topological polar surface area (TPSA) is 96.8 Å². The van der Waals surface area contributed by atoms with Gasteiger partial charge in [0.2, 0.25) is 11.9 Å². The summed E-state index contributed by atoms with van der Waals surface area (Å²) in [4.78, 5) is 19.2. The summed E-state index contributed by atoms with van der Waals surface area (Å²) >= 11 is 0. The van der Waals surface area contributed by atoms with E-state index in [9.17, 15) is 13.2 Å². The van der Waals surface area contributed by atoms with E-state index in [0.29, 0.717) is 28.1 Å². The number of imidazole rings is 1. The number of benzene rings is 3. The largest absolute Gasteiger partial charge is 0.328 e. The van der Waals surface area contributed by atoms with Crippen LogP contribution in [0.3, 0.4) is 0 Å². The van der Waals surface area contributed by atoms with Gasteiger partial charge in [0.15, 0.2) is 0 Å². The van der Waals surface area contributed by atoms with Crippen LogP contribution in [0.4, 0.5) is 5.95 Å². The molecule has 0 aliphatic rings. The number of aryl methyl sites for hydroxylation is 1. The van der Waals surface area contributed by atoms with Gasteiger partial charge in [-0.25, -0.2) is 17.4 Å². The molecule has 8 heteroatoms. The first kappa shape index (κ1) is 20.0. The van der Waals surface area contributed by atoms with Crippen molar-refractivity contribution < 1.29 is 13.2 Å². The van der Waals surface area contributed by atoms with Gasteiger partial charge >= 0.3 is 0 Å². The maximum Gasteiger partial charge on any atom is 0.268 e. The van der Waals surface area contributed by atoms with Crippen LogP contribution in [-0.2, 0) is 14.8 Å². The number of hydrogen-bond donors (Lipinski definition) is 2. The smallest absolute Gasteiger partial charge is 0.268 e. The van der Waals surface area contributed by atoms with Crippen molar-refractivity contribution in [3.05, 3.63) is 78.6 Å². The fourth-order valence-corrected chi connectivity index (χ4v) is 5.60. The highest BCUT2D eigenvalue weighted by molar-refractivity contribution is 7.90. The lowest BCUT2D eigenvalue weighted by atomic mass is 10.1. The van der Waals surface area contributed by atoms with Gasteiger partial charge in [-0.15, -0.1) is 0 Å². The highest BCUT2D eigenvalue weighted by Gasteiger charge is 2.25. The van der Waals surface area contributed by atoms with E-state index < -0.39 is 10.0 Å². The highest BCUT2D eigenvalue weighted by atomic mass is 32.2. The Bertz CT molecular complexity index is 1610. The van der Waals surface area contributed by atoms with Crippen LogP contribution in [0.2, 0.25) is 0 Å². The van der Waals surface area contributed by atoms with Gasteiger partial charge in [-0.2, -0.15) is 0 Å². The van der Waals surface area contributed by atoms with E-state index in [1.807, 2.05) is 49.4 Å². The molecule has 3 aromatic carbocycles. The summed E-state index contributed by atoms with van der Waals surface area (Å²) in [5, 5.41) is 4.91. The Kier molecular flexibility index (Phi) is 4.60. The number of hydrogen-bond acceptors (Lipinski definition) is 4. The van der Waals surface area contributed by atoms with Crippen molar-refractivity contribution in [2.75, 3.05) is 5.32 Å². The van der Waals surface area contributed by atoms with Gasteiger partial charge in [0.25, 0.3) is 10.0 Å². The molecule has 2 N–H and O–H groups in total. The first-order chi connectivity index (χ1) is 15.4. The monoisotopic (exact) mass is 444 g/mol. The first-order valence-corrected chi connectivity index (χ1v) is 11.5. The van der Waals surface area contributed by atoms with Crippen LogP contribution in [0.25, 0.3) is 32.9 Å². The Morgan fingerprint density at radius 3 is 2.44 bits per heavy atom. The van der Waals surface area contributed by atoms with Crippen molar-refractivity contribution >= 4 is 43.6 Å². The number of fused-ring (bicyclic) bond motifs is 2. The zero-order valence-electron chi connectivity index (χ0n) is 17.5. The molecule has 5 aromatic rings. The van der Waals surface area contributed by atoms with E-state index in [-0.39, 0.29) is 10.8 Å². The number of nitrogens with one attached hydrogen (secondary N) is 2. The Morgan fingerprint density at radius 1 is 0.969 bits per heavy atom. The summed E-state index contributed by atoms with van der Waals surface area (Å²) in [5.41, 5.74) is 2.52. The van der Waals surface area contributed by atoms with Gasteiger partial charge in [0, 0.05) is 35.2 Å². The minimum Gasteiger partial charge on any atom is -0.328 e. The predicted molar refractivity (Wildman–Crippen MR) is 125 cm³/mol. The summed E-state index contributed by atoms with van der Waals surface area (Å²) < 4.78 is 29.0. The summed E-state index contributed by atoms with van der Waals surface area (Å²) in [7, 11) is -3.90. The number of nitrogens with zero attached hydrogens (tertiary/aromatic N) is 2. The van der Waals surface area contributed by atoms with Crippen LogP contribution in [0.1, 0.15) is 12.6 Å². The Balaban J connectivity index is 1.75. The lowest BCUT2D eigenvalue weighted by Crippen LogP contribution is -2.12. The average molecular weight is 445 g/mol. The maximum atomic E-state index is 13.8. The van der Waals surface area contributed by atoms with Crippen LogP contribution in [0, 0.1) is 6.92 Å².